The molecule has 2 rings (SSSR count). The first-order valence-corrected chi connectivity index (χ1v) is 8.78. The van der Waals surface area contributed by atoms with Crippen molar-refractivity contribution < 1.29 is 17.9 Å². The van der Waals surface area contributed by atoms with Crippen LogP contribution in [0.25, 0.3) is 0 Å². The monoisotopic (exact) mass is 380 g/mol. The van der Waals surface area contributed by atoms with Crippen LogP contribution in [0.5, 0.6) is 0 Å². The minimum atomic E-state index is -3.70. The van der Waals surface area contributed by atoms with Gasteiger partial charge < -0.3 is 4.74 Å². The zero-order chi connectivity index (χ0) is 15.6. The maximum atomic E-state index is 12.3. The molecule has 1 fully saturated rings. The molecule has 10 heteroatoms. The molecule has 1 aromatic rings. The molecule has 8 nitrogen and oxygen atoms in total. The van der Waals surface area contributed by atoms with Gasteiger partial charge in [0.05, 0.1) is 13.0 Å². The Labute approximate surface area is 131 Å². The number of aromatic nitrogens is 3. The van der Waals surface area contributed by atoms with E-state index in [1.165, 1.54) is 18.8 Å². The zero-order valence-electron chi connectivity index (χ0n) is 11.7. The molecular weight excluding hydrogens is 364 g/mol. The number of ether oxygens (including phenoxy) is 1. The first-order chi connectivity index (χ1) is 9.85. The van der Waals surface area contributed by atoms with Crippen LogP contribution >= 0.6 is 15.9 Å². The van der Waals surface area contributed by atoms with Crippen LogP contribution in [0.1, 0.15) is 25.7 Å². The number of nitrogens with one attached hydrogen (secondary N) is 1. The minimum absolute atomic E-state index is 0.00223. The number of aryl methyl sites for hydroxylation is 1. The Morgan fingerprint density at radius 2 is 2.00 bits per heavy atom. The van der Waals surface area contributed by atoms with Gasteiger partial charge in [-0.2, -0.15) is 0 Å². The molecule has 1 saturated carbocycles. The zero-order valence-corrected chi connectivity index (χ0v) is 14.1. The molecule has 21 heavy (non-hydrogen) atoms. The van der Waals surface area contributed by atoms with Gasteiger partial charge in [-0.15, -0.1) is 5.10 Å². The topological polar surface area (TPSA) is 103 Å². The predicted molar refractivity (Wildman–Crippen MR) is 76.8 cm³/mol. The highest BCUT2D eigenvalue weighted by molar-refractivity contribution is 9.10. The number of hydrogen-bond acceptors (Lipinski definition) is 6. The van der Waals surface area contributed by atoms with Gasteiger partial charge in [0.15, 0.2) is 4.60 Å². The van der Waals surface area contributed by atoms with Crippen molar-refractivity contribution in [2.45, 2.75) is 36.8 Å². The third-order valence-corrected chi connectivity index (χ3v) is 5.98. The standard InChI is InChI=1S/C11H17BrN4O4S/c1-16-10(9(12)13-15-16)21(18,19)14-8-5-3-7(4-6-8)11(17)20-2/h7-8,14H,3-6H2,1-2H3. The number of sulfonamides is 1. The summed E-state index contributed by atoms with van der Waals surface area (Å²) in [5.74, 6) is -0.365. The first kappa shape index (κ1) is 16.4. The first-order valence-electron chi connectivity index (χ1n) is 6.50. The SMILES string of the molecule is COC(=O)C1CCC(NS(=O)(=O)c2c(Br)nnn2C)CC1. The van der Waals surface area contributed by atoms with Gasteiger partial charge in [-0.3, -0.25) is 4.79 Å². The third-order valence-electron chi connectivity index (χ3n) is 3.58. The summed E-state index contributed by atoms with van der Waals surface area (Å²) in [4.78, 5) is 11.4. The van der Waals surface area contributed by atoms with E-state index in [0.29, 0.717) is 25.7 Å². The Morgan fingerprint density at radius 1 is 1.38 bits per heavy atom. The molecule has 1 heterocycles. The quantitative estimate of drug-likeness (QED) is 0.766. The van der Waals surface area contributed by atoms with Crippen molar-refractivity contribution in [1.82, 2.24) is 19.7 Å². The van der Waals surface area contributed by atoms with Gasteiger partial charge in [-0.1, -0.05) is 5.21 Å². The highest BCUT2D eigenvalue weighted by Crippen LogP contribution is 2.27. The lowest BCUT2D eigenvalue weighted by Crippen LogP contribution is -2.39. The third kappa shape index (κ3) is 3.61. The Bertz CT molecular complexity index is 603. The molecule has 0 amide bonds. The molecule has 0 saturated heterocycles. The van der Waals surface area contributed by atoms with Gasteiger partial charge in [0.25, 0.3) is 10.0 Å². The van der Waals surface area contributed by atoms with Gasteiger partial charge in [0, 0.05) is 13.1 Å². The van der Waals surface area contributed by atoms with Crippen LogP contribution in [-0.2, 0) is 26.6 Å². The Hall–Kier alpha value is -1.00. The second-order valence-corrected chi connectivity index (χ2v) is 7.38. The number of esters is 1. The molecule has 0 bridgehead atoms. The summed E-state index contributed by atoms with van der Waals surface area (Å²) in [7, 11) is -0.817. The number of halogens is 1. The van der Waals surface area contributed by atoms with Gasteiger partial charge in [0.2, 0.25) is 5.03 Å². The van der Waals surface area contributed by atoms with E-state index in [-0.39, 0.29) is 27.6 Å². The van der Waals surface area contributed by atoms with Crippen LogP contribution < -0.4 is 4.72 Å². The summed E-state index contributed by atoms with van der Waals surface area (Å²) in [5, 5.41) is 7.33. The molecule has 1 aliphatic carbocycles. The second-order valence-electron chi connectivity index (χ2n) is 5.00. The number of rotatable bonds is 4. The van der Waals surface area contributed by atoms with Crippen molar-refractivity contribution in [1.29, 1.82) is 0 Å². The van der Waals surface area contributed by atoms with Crippen molar-refractivity contribution in [3.63, 3.8) is 0 Å². The molecule has 0 aliphatic heterocycles. The number of methoxy groups -OCH3 is 1. The Kier molecular flexibility index (Phi) is 4.99. The van der Waals surface area contributed by atoms with E-state index in [1.807, 2.05) is 0 Å². The lowest BCUT2D eigenvalue weighted by atomic mass is 9.86. The number of nitrogens with zero attached hydrogens (tertiary/aromatic N) is 3. The van der Waals surface area contributed by atoms with E-state index in [2.05, 4.69) is 31.0 Å². The van der Waals surface area contributed by atoms with E-state index in [1.54, 1.807) is 0 Å². The normalized spacial score (nSPS) is 23.0. The maximum Gasteiger partial charge on any atom is 0.308 e. The van der Waals surface area contributed by atoms with E-state index in [9.17, 15) is 13.2 Å². The van der Waals surface area contributed by atoms with Gasteiger partial charge in [-0.05, 0) is 41.6 Å². The highest BCUT2D eigenvalue weighted by atomic mass is 79.9. The highest BCUT2D eigenvalue weighted by Gasteiger charge is 2.31. The number of hydrogen-bond donors (Lipinski definition) is 1. The maximum absolute atomic E-state index is 12.3. The van der Waals surface area contributed by atoms with Crippen LogP contribution in [0.15, 0.2) is 9.63 Å². The van der Waals surface area contributed by atoms with E-state index < -0.39 is 10.0 Å². The van der Waals surface area contributed by atoms with Crippen LogP contribution in [-0.4, -0.2) is 42.5 Å². The fourth-order valence-electron chi connectivity index (χ4n) is 2.50. The summed E-state index contributed by atoms with van der Waals surface area (Å²) in [6, 6.07) is -0.197. The lowest BCUT2D eigenvalue weighted by Gasteiger charge is -2.27. The van der Waals surface area contributed by atoms with Gasteiger partial charge in [-0.25, -0.2) is 17.8 Å². The molecule has 0 spiro atoms. The summed E-state index contributed by atoms with van der Waals surface area (Å²) in [6.45, 7) is 0. The van der Waals surface area contributed by atoms with Crippen LogP contribution in [0.4, 0.5) is 0 Å². The number of carbonyl (C=O) groups is 1. The molecule has 1 N–H and O–H groups in total. The summed E-state index contributed by atoms with van der Waals surface area (Å²) >= 11 is 3.08. The summed E-state index contributed by atoms with van der Waals surface area (Å²) in [5.41, 5.74) is 0. The van der Waals surface area contributed by atoms with Gasteiger partial charge >= 0.3 is 5.97 Å². The van der Waals surface area contributed by atoms with E-state index >= 15 is 0 Å². The Morgan fingerprint density at radius 3 is 2.48 bits per heavy atom. The molecular formula is C11H17BrN4O4S. The van der Waals surface area contributed by atoms with Crippen molar-refractivity contribution in [2.24, 2.45) is 13.0 Å². The second kappa shape index (κ2) is 6.41. The van der Waals surface area contributed by atoms with Crippen LogP contribution in [0, 0.1) is 5.92 Å². The lowest BCUT2D eigenvalue weighted by molar-refractivity contribution is -0.146. The molecule has 0 radical (unpaired) electrons. The number of carbonyl (C=O) groups excluding carboxylic acids is 1. The summed E-state index contributed by atoms with van der Waals surface area (Å²) in [6.07, 6.45) is 2.43. The van der Waals surface area contributed by atoms with Crippen molar-refractivity contribution in [2.75, 3.05) is 7.11 Å². The largest absolute Gasteiger partial charge is 0.469 e. The molecule has 118 valence electrons. The van der Waals surface area contributed by atoms with Crippen LogP contribution in [0.3, 0.4) is 0 Å². The van der Waals surface area contributed by atoms with Crippen LogP contribution in [0.2, 0.25) is 0 Å². The van der Waals surface area contributed by atoms with Crippen molar-refractivity contribution in [3.8, 4) is 0 Å². The average molecular weight is 381 g/mol. The average Bonchev–Trinajstić information content (AvgIpc) is 2.78. The molecule has 0 aromatic carbocycles. The molecule has 0 unspecified atom stereocenters. The molecule has 1 aromatic heterocycles. The smallest absolute Gasteiger partial charge is 0.308 e. The van der Waals surface area contributed by atoms with Crippen molar-refractivity contribution in [3.05, 3.63) is 4.60 Å². The van der Waals surface area contributed by atoms with Gasteiger partial charge in [0.1, 0.15) is 0 Å². The molecule has 0 atom stereocenters. The van der Waals surface area contributed by atoms with E-state index in [0.717, 1.165) is 0 Å². The summed E-state index contributed by atoms with van der Waals surface area (Å²) < 4.78 is 33.4. The fourth-order valence-corrected chi connectivity index (χ4v) is 4.90. The van der Waals surface area contributed by atoms with Crippen molar-refractivity contribution >= 4 is 31.9 Å². The van der Waals surface area contributed by atoms with E-state index in [4.69, 9.17) is 4.74 Å². The Balaban J connectivity index is 2.02. The fraction of sp³-hybridized carbons (Fsp3) is 0.727. The predicted octanol–water partition coefficient (Wildman–Crippen LogP) is 0.588. The minimum Gasteiger partial charge on any atom is -0.469 e. The molecule has 1 aliphatic rings.